The maximum Gasteiger partial charge on any atom is 0.138 e. The maximum absolute atomic E-state index is 10.3. The van der Waals surface area contributed by atoms with Gasteiger partial charge in [-0.15, -0.1) is 0 Å². The predicted molar refractivity (Wildman–Crippen MR) is 68.0 cm³/mol. The van der Waals surface area contributed by atoms with E-state index in [1.54, 1.807) is 6.20 Å². The van der Waals surface area contributed by atoms with Crippen molar-refractivity contribution in [1.29, 1.82) is 0 Å². The van der Waals surface area contributed by atoms with Crippen LogP contribution >= 0.6 is 0 Å². The molecule has 0 spiro atoms. The number of aryl methyl sites for hydroxylation is 1. The molecule has 0 aliphatic rings. The first kappa shape index (κ1) is 12.7. The lowest BCUT2D eigenvalue weighted by atomic mass is 10.1. The molecule has 2 heterocycles. The van der Waals surface area contributed by atoms with Crippen LogP contribution in [0, 0.1) is 6.92 Å². The minimum atomic E-state index is -0.597. The summed E-state index contributed by atoms with van der Waals surface area (Å²) in [6.45, 7) is 5.98. The van der Waals surface area contributed by atoms with Gasteiger partial charge in [-0.1, -0.05) is 6.07 Å². The van der Waals surface area contributed by atoms with E-state index in [0.29, 0.717) is 6.42 Å². The van der Waals surface area contributed by atoms with Gasteiger partial charge in [-0.05, 0) is 26.8 Å². The zero-order valence-electron chi connectivity index (χ0n) is 10.9. The molecule has 0 aromatic carbocycles. The molecule has 0 bridgehead atoms. The van der Waals surface area contributed by atoms with Crippen LogP contribution in [0.15, 0.2) is 24.7 Å². The lowest BCUT2D eigenvalue weighted by Crippen LogP contribution is -2.13. The van der Waals surface area contributed by atoms with E-state index in [1.165, 1.54) is 6.33 Å². The Bertz CT molecular complexity index is 521. The fraction of sp³-hybridized carbons (Fsp3) is 0.462. The van der Waals surface area contributed by atoms with Gasteiger partial charge >= 0.3 is 0 Å². The highest BCUT2D eigenvalue weighted by atomic mass is 16.3. The first-order valence-corrected chi connectivity index (χ1v) is 6.07. The van der Waals surface area contributed by atoms with Gasteiger partial charge in [-0.2, -0.15) is 5.10 Å². The third-order valence-electron chi connectivity index (χ3n) is 2.92. The highest BCUT2D eigenvalue weighted by molar-refractivity contribution is 5.21. The zero-order valence-corrected chi connectivity index (χ0v) is 10.9. The SMILES string of the molecule is Cc1ncccc1C(O)Cc1ncnn1C(C)C. The maximum atomic E-state index is 10.3. The van der Waals surface area contributed by atoms with Crippen LogP contribution in [-0.4, -0.2) is 24.9 Å². The Hall–Kier alpha value is -1.75. The van der Waals surface area contributed by atoms with Gasteiger partial charge in [0.15, 0.2) is 0 Å². The number of hydrogen-bond donors (Lipinski definition) is 1. The van der Waals surface area contributed by atoms with Crippen molar-refractivity contribution in [3.8, 4) is 0 Å². The summed E-state index contributed by atoms with van der Waals surface area (Å²) in [5.41, 5.74) is 1.69. The number of aliphatic hydroxyl groups excluding tert-OH is 1. The Balaban J connectivity index is 2.19. The number of rotatable bonds is 4. The number of aliphatic hydroxyl groups is 1. The summed E-state index contributed by atoms with van der Waals surface area (Å²) in [5.74, 6) is 0.792. The van der Waals surface area contributed by atoms with Crippen LogP contribution in [0.1, 0.15) is 43.1 Å². The largest absolute Gasteiger partial charge is 0.388 e. The lowest BCUT2D eigenvalue weighted by Gasteiger charge is -2.14. The van der Waals surface area contributed by atoms with Gasteiger partial charge in [0, 0.05) is 29.9 Å². The third kappa shape index (κ3) is 2.56. The molecule has 18 heavy (non-hydrogen) atoms. The summed E-state index contributed by atoms with van der Waals surface area (Å²) in [6.07, 6.45) is 3.10. The second-order valence-corrected chi connectivity index (χ2v) is 4.61. The van der Waals surface area contributed by atoms with Crippen molar-refractivity contribution < 1.29 is 5.11 Å². The highest BCUT2D eigenvalue weighted by Crippen LogP contribution is 2.20. The summed E-state index contributed by atoms with van der Waals surface area (Å²) in [6, 6.07) is 3.96. The molecule has 2 rings (SSSR count). The second kappa shape index (κ2) is 5.27. The Kier molecular flexibility index (Phi) is 3.72. The molecule has 0 amide bonds. The monoisotopic (exact) mass is 246 g/mol. The molecule has 1 unspecified atom stereocenters. The molecular formula is C13H18N4O. The molecule has 5 nitrogen and oxygen atoms in total. The summed E-state index contributed by atoms with van der Waals surface area (Å²) in [7, 11) is 0. The van der Waals surface area contributed by atoms with Crippen LogP contribution in [0.5, 0.6) is 0 Å². The van der Waals surface area contributed by atoms with Crippen LogP contribution < -0.4 is 0 Å². The molecule has 0 aliphatic heterocycles. The van der Waals surface area contributed by atoms with Gasteiger partial charge in [-0.3, -0.25) is 4.98 Å². The minimum absolute atomic E-state index is 0.240. The fourth-order valence-corrected chi connectivity index (χ4v) is 1.98. The van der Waals surface area contributed by atoms with Crippen molar-refractivity contribution in [2.75, 3.05) is 0 Å². The van der Waals surface area contributed by atoms with E-state index in [9.17, 15) is 5.11 Å². The normalized spacial score (nSPS) is 12.9. The molecule has 1 N–H and O–H groups in total. The van der Waals surface area contributed by atoms with Crippen molar-refractivity contribution >= 4 is 0 Å². The lowest BCUT2D eigenvalue weighted by molar-refractivity contribution is 0.172. The van der Waals surface area contributed by atoms with Gasteiger partial charge in [-0.25, -0.2) is 9.67 Å². The van der Waals surface area contributed by atoms with Crippen molar-refractivity contribution in [2.24, 2.45) is 0 Å². The van der Waals surface area contributed by atoms with Crippen molar-refractivity contribution in [1.82, 2.24) is 19.7 Å². The molecule has 2 aromatic heterocycles. The number of nitrogens with zero attached hydrogens (tertiary/aromatic N) is 4. The summed E-state index contributed by atoms with van der Waals surface area (Å²) in [4.78, 5) is 8.39. The number of aromatic nitrogens is 4. The molecular weight excluding hydrogens is 228 g/mol. The average molecular weight is 246 g/mol. The van der Waals surface area contributed by atoms with E-state index >= 15 is 0 Å². The predicted octanol–water partition coefficient (Wildman–Crippen LogP) is 1.84. The molecule has 96 valence electrons. The van der Waals surface area contributed by atoms with E-state index < -0.39 is 6.10 Å². The van der Waals surface area contributed by atoms with Crippen LogP contribution in [0.4, 0.5) is 0 Å². The number of pyridine rings is 1. The van der Waals surface area contributed by atoms with E-state index in [1.807, 2.05) is 37.6 Å². The standard InChI is InChI=1S/C13H18N4O/c1-9(2)17-13(15-8-16-17)7-12(18)11-5-4-6-14-10(11)3/h4-6,8-9,12,18H,7H2,1-3H3. The Labute approximate surface area is 107 Å². The zero-order chi connectivity index (χ0) is 13.1. The van der Waals surface area contributed by atoms with Crippen LogP contribution in [0.25, 0.3) is 0 Å². The quantitative estimate of drug-likeness (QED) is 0.894. The van der Waals surface area contributed by atoms with Gasteiger partial charge in [0.1, 0.15) is 12.2 Å². The van der Waals surface area contributed by atoms with Crippen molar-refractivity contribution in [2.45, 2.75) is 39.3 Å². The van der Waals surface area contributed by atoms with Crippen LogP contribution in [0.3, 0.4) is 0 Å². The van der Waals surface area contributed by atoms with Gasteiger partial charge in [0.25, 0.3) is 0 Å². The third-order valence-corrected chi connectivity index (χ3v) is 2.92. The van der Waals surface area contributed by atoms with Gasteiger partial charge in [0.05, 0.1) is 6.10 Å². The second-order valence-electron chi connectivity index (χ2n) is 4.61. The molecule has 0 saturated carbocycles. The topological polar surface area (TPSA) is 63.8 Å². The first-order valence-electron chi connectivity index (χ1n) is 6.07. The van der Waals surface area contributed by atoms with E-state index in [0.717, 1.165) is 17.1 Å². The molecule has 0 radical (unpaired) electrons. The molecule has 2 aromatic rings. The Morgan fingerprint density at radius 2 is 2.11 bits per heavy atom. The van der Waals surface area contributed by atoms with Crippen LogP contribution in [0.2, 0.25) is 0 Å². The molecule has 0 saturated heterocycles. The number of hydrogen-bond acceptors (Lipinski definition) is 4. The van der Waals surface area contributed by atoms with Crippen LogP contribution in [-0.2, 0) is 6.42 Å². The summed E-state index contributed by atoms with van der Waals surface area (Å²) in [5, 5.41) is 14.4. The van der Waals surface area contributed by atoms with Gasteiger partial charge < -0.3 is 5.11 Å². The van der Waals surface area contributed by atoms with E-state index in [4.69, 9.17) is 0 Å². The molecule has 0 fully saturated rings. The summed E-state index contributed by atoms with van der Waals surface area (Å²) >= 11 is 0. The molecule has 5 heteroatoms. The molecule has 0 aliphatic carbocycles. The van der Waals surface area contributed by atoms with E-state index in [-0.39, 0.29) is 6.04 Å². The highest BCUT2D eigenvalue weighted by Gasteiger charge is 2.16. The van der Waals surface area contributed by atoms with Crippen molar-refractivity contribution in [3.05, 3.63) is 41.7 Å². The first-order chi connectivity index (χ1) is 8.59. The van der Waals surface area contributed by atoms with Crippen molar-refractivity contribution in [3.63, 3.8) is 0 Å². The minimum Gasteiger partial charge on any atom is -0.388 e. The van der Waals surface area contributed by atoms with Gasteiger partial charge in [0.2, 0.25) is 0 Å². The smallest absolute Gasteiger partial charge is 0.138 e. The Morgan fingerprint density at radius 3 is 2.78 bits per heavy atom. The molecule has 1 atom stereocenters. The fourth-order valence-electron chi connectivity index (χ4n) is 1.98. The Morgan fingerprint density at radius 1 is 1.33 bits per heavy atom. The summed E-state index contributed by atoms with van der Waals surface area (Å²) < 4.78 is 1.83. The average Bonchev–Trinajstić information content (AvgIpc) is 2.77. The van der Waals surface area contributed by atoms with E-state index in [2.05, 4.69) is 15.1 Å².